The predicted molar refractivity (Wildman–Crippen MR) is 174 cm³/mol. The molecule has 0 unspecified atom stereocenters. The van der Waals surface area contributed by atoms with Crippen molar-refractivity contribution in [1.82, 2.24) is 5.32 Å². The van der Waals surface area contributed by atoms with Crippen LogP contribution in [0.15, 0.2) is 0 Å². The third-order valence-electron chi connectivity index (χ3n) is 6.60. The van der Waals surface area contributed by atoms with E-state index in [0.717, 1.165) is 18.6 Å². The predicted octanol–water partition coefficient (Wildman–Crippen LogP) is 4.60. The molecule has 0 aliphatic rings. The first-order valence-electron chi connectivity index (χ1n) is 16.8. The Kier molecular flexibility index (Phi) is 39.1. The van der Waals surface area contributed by atoms with Gasteiger partial charge in [-0.15, -0.1) is 0 Å². The number of aliphatic hydroxyl groups excluding tert-OH is 1. The summed E-state index contributed by atoms with van der Waals surface area (Å²) in [6.45, 7) is 7.43. The van der Waals surface area contributed by atoms with Gasteiger partial charge in [-0.25, -0.2) is 0 Å². The lowest BCUT2D eigenvalue weighted by atomic mass is 10.0. The summed E-state index contributed by atoms with van der Waals surface area (Å²) in [6, 6.07) is 0. The van der Waals surface area contributed by atoms with Crippen molar-refractivity contribution in [3.8, 4) is 0 Å². The Labute approximate surface area is 268 Å². The Balaban J connectivity index is 3.13. The average Bonchev–Trinajstić information content (AvgIpc) is 3.01. The Hall–Kier alpha value is -0.500. The quantitative estimate of drug-likeness (QED) is 0.0659. The molecule has 0 aromatic heterocycles. The summed E-state index contributed by atoms with van der Waals surface area (Å²) < 4.78 is 37.7. The molecule has 0 fully saturated rings. The summed E-state index contributed by atoms with van der Waals surface area (Å²) in [5.74, 6) is 1.14. The summed E-state index contributed by atoms with van der Waals surface area (Å²) in [5.41, 5.74) is 0. The maximum Gasteiger partial charge on any atom is 0.220 e. The number of nitrogens with one attached hydrogen (secondary N) is 1. The first-order valence-corrected chi connectivity index (χ1v) is 17.5. The van der Waals surface area contributed by atoms with E-state index in [9.17, 15) is 4.79 Å². The van der Waals surface area contributed by atoms with Gasteiger partial charge in [0.1, 0.15) is 0 Å². The highest BCUT2D eigenvalue weighted by Gasteiger charge is 2.01. The van der Waals surface area contributed by atoms with Crippen molar-refractivity contribution in [3.05, 3.63) is 0 Å². The highest BCUT2D eigenvalue weighted by molar-refractivity contribution is 7.80. The van der Waals surface area contributed by atoms with E-state index in [-0.39, 0.29) is 12.5 Å². The molecule has 0 aromatic carbocycles. The molecule has 0 aliphatic carbocycles. The van der Waals surface area contributed by atoms with E-state index in [2.05, 4.69) is 17.9 Å². The van der Waals surface area contributed by atoms with Crippen molar-refractivity contribution < 1.29 is 43.1 Å². The van der Waals surface area contributed by atoms with Crippen molar-refractivity contribution in [1.29, 1.82) is 0 Å². The number of unbranched alkanes of at least 4 members (excludes halogenated alkanes) is 12. The lowest BCUT2D eigenvalue weighted by molar-refractivity contribution is -0.121. The van der Waals surface area contributed by atoms with Gasteiger partial charge in [0.05, 0.1) is 99.1 Å². The smallest absolute Gasteiger partial charge is 0.220 e. The van der Waals surface area contributed by atoms with Crippen LogP contribution >= 0.6 is 12.6 Å². The number of ether oxygens (including phenoxy) is 7. The molecule has 0 aliphatic heterocycles. The second kappa shape index (κ2) is 39.5. The monoisotopic (exact) mass is 639 g/mol. The van der Waals surface area contributed by atoms with Gasteiger partial charge >= 0.3 is 0 Å². The standard InChI is InChI=1S/C32H65NO9S/c34-16-18-37-20-22-39-24-26-41-28-30-42-29-27-40-25-23-38-21-19-36-17-15-33-32(35)14-12-10-8-6-4-2-1-3-5-7-9-11-13-31-43/h34,43H,1-31H2,(H,33,35). The number of hydrogen-bond acceptors (Lipinski definition) is 10. The molecule has 0 saturated heterocycles. The number of thiol groups is 1. The molecule has 0 atom stereocenters. The van der Waals surface area contributed by atoms with Gasteiger partial charge in [-0.1, -0.05) is 70.6 Å². The van der Waals surface area contributed by atoms with Crippen LogP contribution in [0.25, 0.3) is 0 Å². The van der Waals surface area contributed by atoms with Gasteiger partial charge in [0.25, 0.3) is 0 Å². The van der Waals surface area contributed by atoms with Crippen molar-refractivity contribution in [3.63, 3.8) is 0 Å². The second-order valence-corrected chi connectivity index (χ2v) is 10.9. The van der Waals surface area contributed by atoms with E-state index in [1.807, 2.05) is 0 Å². The number of aliphatic hydroxyl groups is 1. The topological polar surface area (TPSA) is 114 Å². The SMILES string of the molecule is O=C(CCCCCCCCCCCCCCCS)NCCOCCOCCOCCOCCOCCOCCOCCO. The minimum Gasteiger partial charge on any atom is -0.394 e. The highest BCUT2D eigenvalue weighted by Crippen LogP contribution is 2.13. The molecular formula is C32H65NO9S. The van der Waals surface area contributed by atoms with Crippen molar-refractivity contribution >= 4 is 18.5 Å². The summed E-state index contributed by atoms with van der Waals surface area (Å²) in [4.78, 5) is 11.9. The number of hydrogen-bond donors (Lipinski definition) is 3. The second-order valence-electron chi connectivity index (χ2n) is 10.4. The zero-order chi connectivity index (χ0) is 31.2. The molecule has 0 spiro atoms. The number of carbonyl (C=O) groups is 1. The molecule has 0 radical (unpaired) electrons. The van der Waals surface area contributed by atoms with Crippen LogP contribution in [-0.2, 0) is 38.0 Å². The van der Waals surface area contributed by atoms with E-state index >= 15 is 0 Å². The fraction of sp³-hybridized carbons (Fsp3) is 0.969. The van der Waals surface area contributed by atoms with Gasteiger partial charge in [-0.2, -0.15) is 12.6 Å². The maximum absolute atomic E-state index is 11.9. The van der Waals surface area contributed by atoms with E-state index < -0.39 is 0 Å². The van der Waals surface area contributed by atoms with Crippen LogP contribution in [0.2, 0.25) is 0 Å². The largest absolute Gasteiger partial charge is 0.394 e. The molecule has 0 rings (SSSR count). The Morgan fingerprint density at radius 2 is 0.744 bits per heavy atom. The minimum absolute atomic E-state index is 0.0279. The zero-order valence-corrected chi connectivity index (χ0v) is 28.0. The van der Waals surface area contributed by atoms with Crippen LogP contribution in [0.3, 0.4) is 0 Å². The summed E-state index contributed by atoms with van der Waals surface area (Å²) in [6.07, 6.45) is 17.4. The third-order valence-corrected chi connectivity index (χ3v) is 6.91. The van der Waals surface area contributed by atoms with Gasteiger partial charge in [-0.05, 0) is 18.6 Å². The fourth-order valence-electron chi connectivity index (χ4n) is 4.18. The molecule has 0 heterocycles. The lowest BCUT2D eigenvalue weighted by Gasteiger charge is -2.09. The van der Waals surface area contributed by atoms with Crippen LogP contribution in [0.4, 0.5) is 0 Å². The van der Waals surface area contributed by atoms with Crippen LogP contribution < -0.4 is 5.32 Å². The van der Waals surface area contributed by atoms with Gasteiger partial charge in [0.15, 0.2) is 0 Å². The molecule has 1 amide bonds. The number of carbonyl (C=O) groups excluding carboxylic acids is 1. The van der Waals surface area contributed by atoms with Crippen LogP contribution in [0, 0.1) is 0 Å². The van der Waals surface area contributed by atoms with E-state index in [0.29, 0.717) is 105 Å². The molecule has 0 aromatic rings. The minimum atomic E-state index is 0.0279. The lowest BCUT2D eigenvalue weighted by Crippen LogP contribution is -2.27. The van der Waals surface area contributed by atoms with Gasteiger partial charge < -0.3 is 43.6 Å². The molecule has 11 heteroatoms. The fourth-order valence-corrected chi connectivity index (χ4v) is 4.40. The number of rotatable bonds is 38. The van der Waals surface area contributed by atoms with Crippen molar-refractivity contribution in [2.45, 2.75) is 89.9 Å². The summed E-state index contributed by atoms with van der Waals surface area (Å²) in [7, 11) is 0. The van der Waals surface area contributed by atoms with Crippen LogP contribution in [0.1, 0.15) is 89.9 Å². The van der Waals surface area contributed by atoms with Gasteiger partial charge in [0, 0.05) is 13.0 Å². The Morgan fingerprint density at radius 3 is 1.09 bits per heavy atom. The van der Waals surface area contributed by atoms with E-state index in [1.54, 1.807) is 0 Å². The molecule has 2 N–H and O–H groups in total. The summed E-state index contributed by atoms with van der Waals surface area (Å²) >= 11 is 4.26. The highest BCUT2D eigenvalue weighted by atomic mass is 32.1. The summed E-state index contributed by atoms with van der Waals surface area (Å²) in [5, 5.41) is 11.5. The Morgan fingerprint density at radius 1 is 0.442 bits per heavy atom. The molecule has 0 bridgehead atoms. The number of amides is 1. The van der Waals surface area contributed by atoms with Gasteiger partial charge in [0.2, 0.25) is 5.91 Å². The van der Waals surface area contributed by atoms with E-state index in [4.69, 9.17) is 38.3 Å². The first kappa shape index (κ1) is 42.5. The molecular weight excluding hydrogens is 574 g/mol. The maximum atomic E-state index is 11.9. The van der Waals surface area contributed by atoms with Crippen LogP contribution in [0.5, 0.6) is 0 Å². The van der Waals surface area contributed by atoms with Gasteiger partial charge in [-0.3, -0.25) is 4.79 Å². The third kappa shape index (κ3) is 39.5. The molecule has 0 saturated carbocycles. The average molecular weight is 640 g/mol. The van der Waals surface area contributed by atoms with Crippen molar-refractivity contribution in [2.75, 3.05) is 111 Å². The van der Waals surface area contributed by atoms with Crippen molar-refractivity contribution in [2.24, 2.45) is 0 Å². The molecule has 43 heavy (non-hydrogen) atoms. The normalized spacial score (nSPS) is 11.4. The Bertz CT molecular complexity index is 535. The van der Waals surface area contributed by atoms with E-state index in [1.165, 1.54) is 70.6 Å². The molecule has 10 nitrogen and oxygen atoms in total. The van der Waals surface area contributed by atoms with Crippen LogP contribution in [-0.4, -0.2) is 122 Å². The molecule has 258 valence electrons. The zero-order valence-electron chi connectivity index (χ0n) is 27.1. The first-order chi connectivity index (χ1) is 21.3.